The zero-order valence-electron chi connectivity index (χ0n) is 13.6. The molecule has 2 aliphatic rings. The van der Waals surface area contributed by atoms with Crippen molar-refractivity contribution in [3.8, 4) is 0 Å². The minimum atomic E-state index is -3.74. The monoisotopic (exact) mass is 374 g/mol. The summed E-state index contributed by atoms with van der Waals surface area (Å²) in [5.74, 6) is -0.554. The lowest BCUT2D eigenvalue weighted by atomic mass is 10.2. The minimum absolute atomic E-state index is 0.00644. The highest BCUT2D eigenvalue weighted by Crippen LogP contribution is 2.29. The van der Waals surface area contributed by atoms with E-state index in [1.165, 1.54) is 28.6 Å². The number of rotatable bonds is 6. The van der Waals surface area contributed by atoms with Crippen LogP contribution in [-0.2, 0) is 14.8 Å². The van der Waals surface area contributed by atoms with Crippen molar-refractivity contribution in [2.24, 2.45) is 0 Å². The first-order valence-corrected chi connectivity index (χ1v) is 9.60. The standard InChI is InChI=1S/C16H20F2N2O4S/c17-15(18)11-20(13-4-5-13)16(21)12-2-1-3-14(10-12)25(22,23)19-6-8-24-9-7-19/h1-3,10,13,15H,4-9,11H2. The normalized spacial score (nSPS) is 19.2. The second kappa shape index (κ2) is 7.35. The molecule has 25 heavy (non-hydrogen) atoms. The van der Waals surface area contributed by atoms with E-state index in [0.29, 0.717) is 26.1 Å². The van der Waals surface area contributed by atoms with Crippen LogP contribution in [0.15, 0.2) is 29.2 Å². The van der Waals surface area contributed by atoms with Crippen LogP contribution in [-0.4, -0.2) is 68.8 Å². The number of sulfonamides is 1. The fourth-order valence-corrected chi connectivity index (χ4v) is 4.28. The molecule has 1 heterocycles. The number of halogens is 2. The van der Waals surface area contributed by atoms with E-state index in [1.54, 1.807) is 0 Å². The lowest BCUT2D eigenvalue weighted by molar-refractivity contribution is 0.0534. The molecule has 0 spiro atoms. The van der Waals surface area contributed by atoms with Gasteiger partial charge in [0.2, 0.25) is 10.0 Å². The predicted octanol–water partition coefficient (Wildman–Crippen LogP) is 1.58. The first-order chi connectivity index (χ1) is 11.9. The molecule has 1 aliphatic heterocycles. The fraction of sp³-hybridized carbons (Fsp3) is 0.562. The first kappa shape index (κ1) is 18.2. The second-order valence-electron chi connectivity index (χ2n) is 6.12. The second-order valence-corrected chi connectivity index (χ2v) is 8.06. The molecule has 1 aromatic carbocycles. The summed E-state index contributed by atoms with van der Waals surface area (Å²) in [7, 11) is -3.74. The summed E-state index contributed by atoms with van der Waals surface area (Å²) in [6.45, 7) is 0.507. The van der Waals surface area contributed by atoms with E-state index in [1.807, 2.05) is 0 Å². The number of benzene rings is 1. The average molecular weight is 374 g/mol. The summed E-state index contributed by atoms with van der Waals surface area (Å²) in [5, 5.41) is 0. The summed E-state index contributed by atoms with van der Waals surface area (Å²) in [6.07, 6.45) is -1.22. The van der Waals surface area contributed by atoms with Gasteiger partial charge in [-0.05, 0) is 31.0 Å². The number of carbonyl (C=O) groups excluding carboxylic acids is 1. The number of amides is 1. The predicted molar refractivity (Wildman–Crippen MR) is 86.1 cm³/mol. The Morgan fingerprint density at radius 2 is 1.96 bits per heavy atom. The molecule has 1 amide bonds. The van der Waals surface area contributed by atoms with Gasteiger partial charge in [0.1, 0.15) is 0 Å². The topological polar surface area (TPSA) is 66.9 Å². The van der Waals surface area contributed by atoms with Crippen LogP contribution in [0.1, 0.15) is 23.2 Å². The van der Waals surface area contributed by atoms with Crippen molar-refractivity contribution in [3.63, 3.8) is 0 Å². The van der Waals surface area contributed by atoms with Crippen molar-refractivity contribution < 1.29 is 26.7 Å². The molecular formula is C16H20F2N2O4S. The van der Waals surface area contributed by atoms with Crippen molar-refractivity contribution in [2.75, 3.05) is 32.8 Å². The van der Waals surface area contributed by atoms with Crippen molar-refractivity contribution >= 4 is 15.9 Å². The van der Waals surface area contributed by atoms with Gasteiger partial charge in [-0.3, -0.25) is 4.79 Å². The molecule has 0 bridgehead atoms. The van der Waals surface area contributed by atoms with Crippen molar-refractivity contribution in [1.82, 2.24) is 9.21 Å². The Kier molecular flexibility index (Phi) is 5.35. The molecule has 0 radical (unpaired) electrons. The molecule has 6 nitrogen and oxygen atoms in total. The number of morpholine rings is 1. The van der Waals surface area contributed by atoms with Gasteiger partial charge in [-0.1, -0.05) is 6.07 Å². The highest BCUT2D eigenvalue weighted by Gasteiger charge is 2.35. The number of carbonyl (C=O) groups is 1. The van der Waals surface area contributed by atoms with Crippen molar-refractivity contribution in [1.29, 1.82) is 0 Å². The molecule has 1 aromatic rings. The van der Waals surface area contributed by atoms with E-state index in [0.717, 1.165) is 4.90 Å². The van der Waals surface area contributed by atoms with E-state index in [9.17, 15) is 22.0 Å². The largest absolute Gasteiger partial charge is 0.379 e. The van der Waals surface area contributed by atoms with Gasteiger partial charge in [0.25, 0.3) is 12.3 Å². The van der Waals surface area contributed by atoms with E-state index < -0.39 is 28.9 Å². The fourth-order valence-electron chi connectivity index (χ4n) is 2.82. The molecule has 0 aromatic heterocycles. The van der Waals surface area contributed by atoms with Crippen LogP contribution >= 0.6 is 0 Å². The van der Waals surface area contributed by atoms with E-state index in [4.69, 9.17) is 4.74 Å². The SMILES string of the molecule is O=C(c1cccc(S(=O)(=O)N2CCOCC2)c1)N(CC(F)F)C1CC1. The van der Waals surface area contributed by atoms with Gasteiger partial charge in [-0.15, -0.1) is 0 Å². The van der Waals surface area contributed by atoms with E-state index in [2.05, 4.69) is 0 Å². The van der Waals surface area contributed by atoms with Gasteiger partial charge in [0, 0.05) is 24.7 Å². The van der Waals surface area contributed by atoms with Crippen molar-refractivity contribution in [3.05, 3.63) is 29.8 Å². The maximum Gasteiger partial charge on any atom is 0.255 e. The van der Waals surface area contributed by atoms with Gasteiger partial charge >= 0.3 is 0 Å². The Labute approximate surface area is 145 Å². The smallest absolute Gasteiger partial charge is 0.255 e. The highest BCUT2D eigenvalue weighted by molar-refractivity contribution is 7.89. The van der Waals surface area contributed by atoms with Gasteiger partial charge < -0.3 is 9.64 Å². The third kappa shape index (κ3) is 4.16. The zero-order chi connectivity index (χ0) is 18.0. The molecule has 1 saturated heterocycles. The van der Waals surface area contributed by atoms with E-state index in [-0.39, 0.29) is 29.6 Å². The summed E-state index contributed by atoms with van der Waals surface area (Å²) >= 11 is 0. The van der Waals surface area contributed by atoms with Crippen LogP contribution in [0.5, 0.6) is 0 Å². The average Bonchev–Trinajstić information content (AvgIpc) is 3.45. The molecule has 138 valence electrons. The highest BCUT2D eigenvalue weighted by atomic mass is 32.2. The Balaban J connectivity index is 1.84. The van der Waals surface area contributed by atoms with Crippen LogP contribution in [0, 0.1) is 0 Å². The van der Waals surface area contributed by atoms with Crippen LogP contribution in [0.4, 0.5) is 8.78 Å². The quantitative estimate of drug-likeness (QED) is 0.758. The molecule has 3 rings (SSSR count). The van der Waals surface area contributed by atoms with Gasteiger partial charge in [0.05, 0.1) is 24.7 Å². The lowest BCUT2D eigenvalue weighted by Crippen LogP contribution is -2.40. The molecule has 1 saturated carbocycles. The Morgan fingerprint density at radius 1 is 1.28 bits per heavy atom. The van der Waals surface area contributed by atoms with Crippen LogP contribution in [0.3, 0.4) is 0 Å². The molecule has 0 atom stereocenters. The molecule has 2 fully saturated rings. The molecular weight excluding hydrogens is 354 g/mol. The van der Waals surface area contributed by atoms with Gasteiger partial charge in [-0.2, -0.15) is 4.31 Å². The Bertz CT molecular complexity index is 731. The number of hydrogen-bond acceptors (Lipinski definition) is 4. The Hall–Kier alpha value is -1.58. The third-order valence-corrected chi connectivity index (χ3v) is 6.17. The minimum Gasteiger partial charge on any atom is -0.379 e. The van der Waals surface area contributed by atoms with Crippen molar-refractivity contribution in [2.45, 2.75) is 30.2 Å². The maximum atomic E-state index is 12.8. The first-order valence-electron chi connectivity index (χ1n) is 8.16. The summed E-state index contributed by atoms with van der Waals surface area (Å²) in [6, 6.07) is 5.43. The van der Waals surface area contributed by atoms with Crippen LogP contribution in [0.2, 0.25) is 0 Å². The zero-order valence-corrected chi connectivity index (χ0v) is 14.4. The summed E-state index contributed by atoms with van der Waals surface area (Å²) < 4.78 is 57.3. The molecule has 1 aliphatic carbocycles. The summed E-state index contributed by atoms with van der Waals surface area (Å²) in [5.41, 5.74) is 0.113. The molecule has 0 N–H and O–H groups in total. The number of nitrogens with zero attached hydrogens (tertiary/aromatic N) is 2. The number of hydrogen-bond donors (Lipinski definition) is 0. The lowest BCUT2D eigenvalue weighted by Gasteiger charge is -2.26. The molecule has 0 unspecified atom stereocenters. The van der Waals surface area contributed by atoms with Gasteiger partial charge in [0.15, 0.2) is 0 Å². The summed E-state index contributed by atoms with van der Waals surface area (Å²) in [4.78, 5) is 13.7. The maximum absolute atomic E-state index is 12.8. The van der Waals surface area contributed by atoms with Gasteiger partial charge in [-0.25, -0.2) is 17.2 Å². The number of ether oxygens (including phenoxy) is 1. The van der Waals surface area contributed by atoms with Crippen LogP contribution in [0.25, 0.3) is 0 Å². The molecule has 9 heteroatoms. The van der Waals surface area contributed by atoms with Crippen LogP contribution < -0.4 is 0 Å². The third-order valence-electron chi connectivity index (χ3n) is 4.27. The number of alkyl halides is 2. The van der Waals surface area contributed by atoms with E-state index >= 15 is 0 Å². The Morgan fingerprint density at radius 3 is 2.56 bits per heavy atom.